The zero-order valence-corrected chi connectivity index (χ0v) is 10.1. The van der Waals surface area contributed by atoms with Gasteiger partial charge in [0, 0.05) is 6.42 Å². The van der Waals surface area contributed by atoms with E-state index in [0.717, 1.165) is 12.8 Å². The van der Waals surface area contributed by atoms with Crippen molar-refractivity contribution in [3.63, 3.8) is 0 Å². The molecule has 0 bridgehead atoms. The van der Waals surface area contributed by atoms with E-state index >= 15 is 0 Å². The molecule has 1 fully saturated rings. The summed E-state index contributed by atoms with van der Waals surface area (Å²) in [6.45, 7) is 1.84. The zero-order chi connectivity index (χ0) is 8.10. The first-order valence-electron chi connectivity index (χ1n) is 4.52. The Labute approximate surface area is 97.8 Å². The Balaban J connectivity index is 0. The van der Waals surface area contributed by atoms with Gasteiger partial charge < -0.3 is 6.16 Å². The van der Waals surface area contributed by atoms with Gasteiger partial charge in [0.15, 0.2) is 0 Å². The van der Waals surface area contributed by atoms with Crippen LogP contribution in [0.4, 0.5) is 0 Å². The summed E-state index contributed by atoms with van der Waals surface area (Å²) < 4.78 is 5.20. The van der Waals surface area contributed by atoms with Crippen LogP contribution in [0.5, 0.6) is 0 Å². The minimum Gasteiger partial charge on any atom is -1.00 e. The van der Waals surface area contributed by atoms with Crippen molar-refractivity contribution in [2.45, 2.75) is 51.6 Å². The van der Waals surface area contributed by atoms with Crippen molar-refractivity contribution >= 4 is 5.97 Å². The molecule has 1 aliphatic carbocycles. The largest absolute Gasteiger partial charge is 1.00 e. The molecule has 0 amide bonds. The quantitative estimate of drug-likeness (QED) is 0.418. The summed E-state index contributed by atoms with van der Waals surface area (Å²) in [5, 5.41) is 0. The van der Waals surface area contributed by atoms with E-state index in [9.17, 15) is 4.79 Å². The van der Waals surface area contributed by atoms with Gasteiger partial charge in [-0.3, -0.25) is 4.79 Å². The van der Waals surface area contributed by atoms with Gasteiger partial charge in [-0.2, -0.15) is 0 Å². The van der Waals surface area contributed by atoms with E-state index in [-0.39, 0.29) is 43.1 Å². The van der Waals surface area contributed by atoms with Crippen molar-refractivity contribution in [2.24, 2.45) is 0 Å². The average Bonchev–Trinajstić information content (AvgIpc) is 2.06. The number of esters is 1. The molecule has 3 heteroatoms. The van der Waals surface area contributed by atoms with Crippen LogP contribution in [0, 0.1) is 0 Å². The molecular formula is C9H17NaO2. The predicted molar refractivity (Wildman–Crippen MR) is 44.4 cm³/mol. The fourth-order valence-corrected chi connectivity index (χ4v) is 1.45. The van der Waals surface area contributed by atoms with Crippen LogP contribution in [0.1, 0.15) is 46.9 Å². The SMILES string of the molecule is CCC(=O)OC1CCCCC1.[H-].[Na+]. The maximum Gasteiger partial charge on any atom is 1.00 e. The van der Waals surface area contributed by atoms with Crippen LogP contribution in [0.25, 0.3) is 0 Å². The van der Waals surface area contributed by atoms with E-state index in [0.29, 0.717) is 6.42 Å². The van der Waals surface area contributed by atoms with Gasteiger partial charge in [-0.25, -0.2) is 0 Å². The molecule has 0 heterocycles. The molecular weight excluding hydrogens is 163 g/mol. The first kappa shape index (κ1) is 12.5. The van der Waals surface area contributed by atoms with Gasteiger partial charge in [-0.15, -0.1) is 0 Å². The van der Waals surface area contributed by atoms with Crippen molar-refractivity contribution < 1.29 is 40.5 Å². The molecule has 0 N–H and O–H groups in total. The molecule has 0 aromatic heterocycles. The Hall–Kier alpha value is 0.470. The van der Waals surface area contributed by atoms with Crippen LogP contribution >= 0.6 is 0 Å². The number of ether oxygens (including phenoxy) is 1. The van der Waals surface area contributed by atoms with Gasteiger partial charge >= 0.3 is 35.5 Å². The van der Waals surface area contributed by atoms with E-state index in [1.54, 1.807) is 0 Å². The number of carbonyl (C=O) groups excluding carboxylic acids is 1. The Morgan fingerprint density at radius 2 is 2.00 bits per heavy atom. The second kappa shape index (κ2) is 6.93. The smallest absolute Gasteiger partial charge is 1.00 e. The van der Waals surface area contributed by atoms with Gasteiger partial charge in [0.1, 0.15) is 6.10 Å². The van der Waals surface area contributed by atoms with Crippen molar-refractivity contribution in [3.8, 4) is 0 Å². The third kappa shape index (κ3) is 4.48. The Morgan fingerprint density at radius 1 is 1.42 bits per heavy atom. The Morgan fingerprint density at radius 3 is 2.50 bits per heavy atom. The van der Waals surface area contributed by atoms with Crippen LogP contribution < -0.4 is 29.6 Å². The van der Waals surface area contributed by atoms with Gasteiger partial charge in [-0.1, -0.05) is 13.3 Å². The van der Waals surface area contributed by atoms with Gasteiger partial charge in [0.2, 0.25) is 0 Å². The van der Waals surface area contributed by atoms with Gasteiger partial charge in [0.05, 0.1) is 0 Å². The minimum atomic E-state index is -0.0445. The van der Waals surface area contributed by atoms with Crippen molar-refractivity contribution in [1.29, 1.82) is 0 Å². The van der Waals surface area contributed by atoms with Crippen LogP contribution in [-0.4, -0.2) is 12.1 Å². The maximum absolute atomic E-state index is 10.9. The molecule has 2 nitrogen and oxygen atoms in total. The molecule has 0 aromatic carbocycles. The molecule has 66 valence electrons. The molecule has 0 saturated heterocycles. The Kier molecular flexibility index (Phi) is 7.20. The van der Waals surface area contributed by atoms with Crippen molar-refractivity contribution in [1.82, 2.24) is 0 Å². The standard InChI is InChI=1S/C9H16O2.Na.H/c1-2-9(10)11-8-6-4-3-5-7-8;;/h8H,2-7H2,1H3;;/q;+1;-1. The summed E-state index contributed by atoms with van der Waals surface area (Å²) in [6, 6.07) is 0. The van der Waals surface area contributed by atoms with E-state index in [1.807, 2.05) is 6.92 Å². The van der Waals surface area contributed by atoms with Gasteiger partial charge in [-0.05, 0) is 25.7 Å². The molecule has 0 unspecified atom stereocenters. The summed E-state index contributed by atoms with van der Waals surface area (Å²) in [6.07, 6.45) is 6.65. The number of hydrogen-bond acceptors (Lipinski definition) is 2. The average molecular weight is 180 g/mol. The number of rotatable bonds is 2. The van der Waals surface area contributed by atoms with Crippen LogP contribution in [0.3, 0.4) is 0 Å². The van der Waals surface area contributed by atoms with E-state index < -0.39 is 0 Å². The van der Waals surface area contributed by atoms with Crippen LogP contribution in [0.15, 0.2) is 0 Å². The number of carbonyl (C=O) groups is 1. The van der Waals surface area contributed by atoms with E-state index in [4.69, 9.17) is 4.74 Å². The number of hydrogen-bond donors (Lipinski definition) is 0. The molecule has 0 spiro atoms. The maximum atomic E-state index is 10.9. The minimum absolute atomic E-state index is 0. The predicted octanol–water partition coefficient (Wildman–Crippen LogP) is -0.611. The summed E-state index contributed by atoms with van der Waals surface area (Å²) >= 11 is 0. The van der Waals surface area contributed by atoms with E-state index in [2.05, 4.69) is 0 Å². The summed E-state index contributed by atoms with van der Waals surface area (Å²) in [4.78, 5) is 10.9. The summed E-state index contributed by atoms with van der Waals surface area (Å²) in [5.41, 5.74) is 0. The topological polar surface area (TPSA) is 26.3 Å². The third-order valence-electron chi connectivity index (χ3n) is 2.14. The molecule has 0 aromatic rings. The monoisotopic (exact) mass is 180 g/mol. The van der Waals surface area contributed by atoms with E-state index in [1.165, 1.54) is 19.3 Å². The fraction of sp³-hybridized carbons (Fsp3) is 0.889. The first-order valence-corrected chi connectivity index (χ1v) is 4.52. The normalized spacial score (nSPS) is 18.1. The van der Waals surface area contributed by atoms with Crippen molar-refractivity contribution in [2.75, 3.05) is 0 Å². The Bertz CT molecular complexity index is 136. The van der Waals surface area contributed by atoms with Crippen LogP contribution in [-0.2, 0) is 9.53 Å². The molecule has 1 aliphatic rings. The molecule has 0 atom stereocenters. The van der Waals surface area contributed by atoms with Crippen molar-refractivity contribution in [3.05, 3.63) is 0 Å². The summed E-state index contributed by atoms with van der Waals surface area (Å²) in [7, 11) is 0. The second-order valence-corrected chi connectivity index (χ2v) is 3.10. The molecule has 1 rings (SSSR count). The third-order valence-corrected chi connectivity index (χ3v) is 2.14. The molecule has 0 aliphatic heterocycles. The zero-order valence-electron chi connectivity index (χ0n) is 9.14. The molecule has 12 heavy (non-hydrogen) atoms. The fourth-order valence-electron chi connectivity index (χ4n) is 1.45. The second-order valence-electron chi connectivity index (χ2n) is 3.10. The first-order chi connectivity index (χ1) is 5.33. The van der Waals surface area contributed by atoms with Gasteiger partial charge in [0.25, 0.3) is 0 Å². The molecule has 0 radical (unpaired) electrons. The summed E-state index contributed by atoms with van der Waals surface area (Å²) in [5.74, 6) is -0.0445. The molecule has 1 saturated carbocycles. The van der Waals surface area contributed by atoms with Crippen LogP contribution in [0.2, 0.25) is 0 Å².